The molecule has 1 aliphatic heterocycles. The lowest BCUT2D eigenvalue weighted by Crippen LogP contribution is -2.42. The molecule has 0 aliphatic carbocycles. The minimum Gasteiger partial charge on any atom is -0.485 e. The summed E-state index contributed by atoms with van der Waals surface area (Å²) in [5, 5.41) is 4.51. The first-order chi connectivity index (χ1) is 13.2. The average Bonchev–Trinajstić information content (AvgIpc) is 3.16. The molecule has 4 rings (SSSR count). The summed E-state index contributed by atoms with van der Waals surface area (Å²) < 4.78 is 16.8. The van der Waals surface area contributed by atoms with Gasteiger partial charge in [-0.3, -0.25) is 4.79 Å². The highest BCUT2D eigenvalue weighted by atomic mass is 35.5. The molecular formula is C20H15ClN2O4. The van der Waals surface area contributed by atoms with E-state index in [-0.39, 0.29) is 6.61 Å². The fourth-order valence-electron chi connectivity index (χ4n) is 2.61. The number of hydrogen-bond donors (Lipinski definition) is 1. The van der Waals surface area contributed by atoms with Crippen LogP contribution >= 0.6 is 11.6 Å². The van der Waals surface area contributed by atoms with Crippen molar-refractivity contribution in [2.24, 2.45) is 5.10 Å². The highest BCUT2D eigenvalue weighted by Gasteiger charge is 2.27. The third-order valence-corrected chi connectivity index (χ3v) is 4.26. The van der Waals surface area contributed by atoms with Crippen LogP contribution in [0.3, 0.4) is 0 Å². The van der Waals surface area contributed by atoms with Gasteiger partial charge in [0.1, 0.15) is 18.1 Å². The maximum atomic E-state index is 12.2. The molecule has 0 bridgehead atoms. The molecule has 0 fully saturated rings. The van der Waals surface area contributed by atoms with Crippen LogP contribution in [-0.4, -0.2) is 24.8 Å². The average molecular weight is 383 g/mol. The molecule has 7 heteroatoms. The number of furan rings is 1. The monoisotopic (exact) mass is 382 g/mol. The molecule has 0 unspecified atom stereocenters. The van der Waals surface area contributed by atoms with Crippen molar-refractivity contribution in [1.29, 1.82) is 0 Å². The first-order valence-corrected chi connectivity index (χ1v) is 8.64. The fraction of sp³-hybridized carbons (Fsp3) is 0.100. The van der Waals surface area contributed by atoms with Gasteiger partial charge in [0.2, 0.25) is 6.10 Å². The van der Waals surface area contributed by atoms with E-state index in [9.17, 15) is 4.79 Å². The summed E-state index contributed by atoms with van der Waals surface area (Å²) in [6, 6.07) is 18.1. The van der Waals surface area contributed by atoms with E-state index >= 15 is 0 Å². The van der Waals surface area contributed by atoms with Crippen LogP contribution in [0.25, 0.3) is 11.3 Å². The second kappa shape index (κ2) is 7.55. The van der Waals surface area contributed by atoms with Gasteiger partial charge >= 0.3 is 0 Å². The number of rotatable bonds is 4. The zero-order valence-electron chi connectivity index (χ0n) is 14.1. The molecule has 0 radical (unpaired) electrons. The number of fused-ring (bicyclic) bond motifs is 1. The van der Waals surface area contributed by atoms with E-state index in [0.29, 0.717) is 28.0 Å². The summed E-state index contributed by atoms with van der Waals surface area (Å²) in [5.41, 5.74) is 3.22. The lowest BCUT2D eigenvalue weighted by atomic mass is 10.2. The molecule has 27 heavy (non-hydrogen) atoms. The lowest BCUT2D eigenvalue weighted by molar-refractivity contribution is -0.130. The Labute approximate surface area is 160 Å². The first-order valence-electron chi connectivity index (χ1n) is 8.27. The molecular weight excluding hydrogens is 368 g/mol. The van der Waals surface area contributed by atoms with Crippen LogP contribution in [0.5, 0.6) is 11.5 Å². The Morgan fingerprint density at radius 3 is 2.70 bits per heavy atom. The predicted molar refractivity (Wildman–Crippen MR) is 101 cm³/mol. The van der Waals surface area contributed by atoms with Gasteiger partial charge in [0.25, 0.3) is 5.91 Å². The topological polar surface area (TPSA) is 73.1 Å². The smallest absolute Gasteiger partial charge is 0.284 e. The quantitative estimate of drug-likeness (QED) is 0.548. The molecule has 0 spiro atoms. The number of carbonyl (C=O) groups excluding carboxylic acids is 1. The predicted octanol–water partition coefficient (Wildman–Crippen LogP) is 3.89. The molecule has 3 aromatic rings. The SMILES string of the molecule is O=C(N/N=C/c1ccc(-c2ccccc2Cl)o1)[C@@H]1COc2ccccc2O1. The number of para-hydroxylation sites is 2. The van der Waals surface area contributed by atoms with Crippen LogP contribution < -0.4 is 14.9 Å². The van der Waals surface area contributed by atoms with Crippen LogP contribution in [0.2, 0.25) is 5.02 Å². The van der Waals surface area contributed by atoms with Crippen molar-refractivity contribution in [2.45, 2.75) is 6.10 Å². The summed E-state index contributed by atoms with van der Waals surface area (Å²) in [5.74, 6) is 1.85. The van der Waals surface area contributed by atoms with Gasteiger partial charge in [-0.1, -0.05) is 35.9 Å². The van der Waals surface area contributed by atoms with Crippen LogP contribution in [0.15, 0.2) is 70.2 Å². The van der Waals surface area contributed by atoms with Crippen molar-refractivity contribution in [1.82, 2.24) is 5.43 Å². The Morgan fingerprint density at radius 2 is 1.85 bits per heavy atom. The van der Waals surface area contributed by atoms with Crippen LogP contribution in [0.1, 0.15) is 5.76 Å². The molecule has 1 aromatic heterocycles. The van der Waals surface area contributed by atoms with Gasteiger partial charge in [0.15, 0.2) is 11.5 Å². The van der Waals surface area contributed by atoms with Crippen LogP contribution in [-0.2, 0) is 4.79 Å². The van der Waals surface area contributed by atoms with Crippen molar-refractivity contribution < 1.29 is 18.7 Å². The van der Waals surface area contributed by atoms with E-state index in [2.05, 4.69) is 10.5 Å². The number of nitrogens with one attached hydrogen (secondary N) is 1. The molecule has 2 heterocycles. The number of halogens is 1. The van der Waals surface area contributed by atoms with Gasteiger partial charge in [0.05, 0.1) is 11.2 Å². The normalized spacial score (nSPS) is 15.7. The molecule has 1 N–H and O–H groups in total. The summed E-state index contributed by atoms with van der Waals surface area (Å²) in [7, 11) is 0. The zero-order chi connectivity index (χ0) is 18.6. The van der Waals surface area contributed by atoms with Gasteiger partial charge in [-0.2, -0.15) is 5.10 Å². The largest absolute Gasteiger partial charge is 0.485 e. The van der Waals surface area contributed by atoms with Crippen molar-refractivity contribution in [3.05, 3.63) is 71.4 Å². The van der Waals surface area contributed by atoms with Gasteiger partial charge in [-0.25, -0.2) is 5.43 Å². The van der Waals surface area contributed by atoms with E-state index in [0.717, 1.165) is 5.56 Å². The highest BCUT2D eigenvalue weighted by molar-refractivity contribution is 6.33. The van der Waals surface area contributed by atoms with Gasteiger partial charge in [-0.05, 0) is 36.4 Å². The maximum Gasteiger partial charge on any atom is 0.284 e. The summed E-state index contributed by atoms with van der Waals surface area (Å²) in [6.45, 7) is 0.121. The Morgan fingerprint density at radius 1 is 1.07 bits per heavy atom. The number of hydrazone groups is 1. The number of amides is 1. The summed E-state index contributed by atoms with van der Waals surface area (Å²) >= 11 is 6.16. The van der Waals surface area contributed by atoms with E-state index in [4.69, 9.17) is 25.5 Å². The van der Waals surface area contributed by atoms with Crippen molar-refractivity contribution in [3.8, 4) is 22.8 Å². The Balaban J connectivity index is 1.37. The Hall–Kier alpha value is -3.25. The molecule has 136 valence electrons. The molecule has 0 saturated carbocycles. The Kier molecular flexibility index (Phi) is 4.80. The minimum atomic E-state index is -0.771. The van der Waals surface area contributed by atoms with Crippen molar-refractivity contribution in [2.75, 3.05) is 6.61 Å². The number of ether oxygens (including phenoxy) is 2. The maximum absolute atomic E-state index is 12.2. The Bertz CT molecular complexity index is 999. The molecule has 1 atom stereocenters. The number of hydrogen-bond acceptors (Lipinski definition) is 5. The second-order valence-corrected chi connectivity index (χ2v) is 6.19. The van der Waals surface area contributed by atoms with Gasteiger partial charge in [0, 0.05) is 5.56 Å². The van der Waals surface area contributed by atoms with Gasteiger partial charge < -0.3 is 13.9 Å². The van der Waals surface area contributed by atoms with E-state index in [1.54, 1.807) is 30.3 Å². The second-order valence-electron chi connectivity index (χ2n) is 5.78. The number of carbonyl (C=O) groups is 1. The van der Waals surface area contributed by atoms with Crippen LogP contribution in [0.4, 0.5) is 0 Å². The summed E-state index contributed by atoms with van der Waals surface area (Å²) in [4.78, 5) is 12.2. The van der Waals surface area contributed by atoms with Crippen molar-refractivity contribution in [3.63, 3.8) is 0 Å². The molecule has 2 aromatic carbocycles. The molecule has 1 aliphatic rings. The fourth-order valence-corrected chi connectivity index (χ4v) is 2.84. The molecule has 1 amide bonds. The summed E-state index contributed by atoms with van der Waals surface area (Å²) in [6.07, 6.45) is 0.642. The standard InChI is InChI=1S/C20H15ClN2O4/c21-15-6-2-1-5-14(15)16-10-9-13(26-16)11-22-23-20(24)19-12-25-17-7-3-4-8-18(17)27-19/h1-11,19H,12H2,(H,23,24)/b22-11+/t19-/m0/s1. The number of benzene rings is 2. The van der Waals surface area contributed by atoms with E-state index < -0.39 is 12.0 Å². The van der Waals surface area contributed by atoms with Crippen molar-refractivity contribution >= 4 is 23.7 Å². The molecule has 6 nitrogen and oxygen atoms in total. The lowest BCUT2D eigenvalue weighted by Gasteiger charge is -2.24. The minimum absolute atomic E-state index is 0.121. The van der Waals surface area contributed by atoms with E-state index in [1.165, 1.54) is 6.21 Å². The number of nitrogens with zero attached hydrogens (tertiary/aromatic N) is 1. The third-order valence-electron chi connectivity index (χ3n) is 3.93. The van der Waals surface area contributed by atoms with Crippen LogP contribution in [0, 0.1) is 0 Å². The first kappa shape index (κ1) is 17.2. The van der Waals surface area contributed by atoms with Gasteiger partial charge in [-0.15, -0.1) is 0 Å². The van der Waals surface area contributed by atoms with E-state index in [1.807, 2.05) is 30.3 Å². The third kappa shape index (κ3) is 3.80. The molecule has 0 saturated heterocycles. The highest BCUT2D eigenvalue weighted by Crippen LogP contribution is 2.31. The zero-order valence-corrected chi connectivity index (χ0v) is 14.8.